The van der Waals surface area contributed by atoms with E-state index < -0.39 is 0 Å². The molecular weight excluding hydrogens is 254 g/mol. The SMILES string of the molecule is COCC(C)NC(=O)Cc1cnn(-c2ccccc2)c1. The minimum absolute atomic E-state index is 0.0108. The number of ether oxygens (including phenoxy) is 1. The monoisotopic (exact) mass is 273 g/mol. The number of para-hydroxylation sites is 1. The smallest absolute Gasteiger partial charge is 0.224 e. The van der Waals surface area contributed by atoms with Crippen LogP contribution in [0.3, 0.4) is 0 Å². The number of benzene rings is 1. The Kier molecular flexibility index (Phi) is 4.90. The summed E-state index contributed by atoms with van der Waals surface area (Å²) in [5, 5.41) is 7.14. The number of amides is 1. The Morgan fingerprint density at radius 3 is 2.85 bits per heavy atom. The summed E-state index contributed by atoms with van der Waals surface area (Å²) in [5.74, 6) is -0.0258. The zero-order chi connectivity index (χ0) is 14.4. The summed E-state index contributed by atoms with van der Waals surface area (Å²) in [7, 11) is 1.62. The van der Waals surface area contributed by atoms with E-state index in [1.807, 2.05) is 43.5 Å². The van der Waals surface area contributed by atoms with Gasteiger partial charge in [0.05, 0.1) is 24.9 Å². The van der Waals surface area contributed by atoms with Crippen LogP contribution < -0.4 is 5.32 Å². The van der Waals surface area contributed by atoms with E-state index in [1.54, 1.807) is 18.0 Å². The van der Waals surface area contributed by atoms with Gasteiger partial charge in [-0.1, -0.05) is 18.2 Å². The third-order valence-electron chi connectivity index (χ3n) is 2.85. The molecule has 5 nitrogen and oxygen atoms in total. The number of aromatic nitrogens is 2. The van der Waals surface area contributed by atoms with Crippen molar-refractivity contribution >= 4 is 5.91 Å². The van der Waals surface area contributed by atoms with Crippen LogP contribution in [0.25, 0.3) is 5.69 Å². The maximum Gasteiger partial charge on any atom is 0.224 e. The van der Waals surface area contributed by atoms with Gasteiger partial charge in [-0.3, -0.25) is 4.79 Å². The van der Waals surface area contributed by atoms with E-state index in [0.29, 0.717) is 13.0 Å². The van der Waals surface area contributed by atoms with Gasteiger partial charge in [-0.05, 0) is 24.6 Å². The topological polar surface area (TPSA) is 56.1 Å². The van der Waals surface area contributed by atoms with Crippen LogP contribution in [0, 0.1) is 0 Å². The first-order chi connectivity index (χ1) is 9.69. The van der Waals surface area contributed by atoms with E-state index in [9.17, 15) is 4.79 Å². The molecule has 2 rings (SSSR count). The molecule has 1 aromatic carbocycles. The van der Waals surface area contributed by atoms with Crippen molar-refractivity contribution in [3.05, 3.63) is 48.3 Å². The number of carbonyl (C=O) groups is 1. The predicted octanol–water partition coefficient (Wildman–Crippen LogP) is 1.57. The molecule has 1 heterocycles. The van der Waals surface area contributed by atoms with Crippen LogP contribution in [0.1, 0.15) is 12.5 Å². The van der Waals surface area contributed by atoms with Gasteiger partial charge >= 0.3 is 0 Å². The number of carbonyl (C=O) groups excluding carboxylic acids is 1. The molecule has 2 aromatic rings. The second-order valence-electron chi connectivity index (χ2n) is 4.73. The summed E-state index contributed by atoms with van der Waals surface area (Å²) in [6.07, 6.45) is 3.91. The lowest BCUT2D eigenvalue weighted by Crippen LogP contribution is -2.36. The summed E-state index contributed by atoms with van der Waals surface area (Å²) in [5.41, 5.74) is 1.86. The Labute approximate surface area is 118 Å². The molecule has 0 fully saturated rings. The zero-order valence-corrected chi connectivity index (χ0v) is 11.7. The van der Waals surface area contributed by atoms with Gasteiger partial charge < -0.3 is 10.1 Å². The van der Waals surface area contributed by atoms with Crippen LogP contribution in [0.5, 0.6) is 0 Å². The Balaban J connectivity index is 1.95. The van der Waals surface area contributed by atoms with Crippen LogP contribution in [0.4, 0.5) is 0 Å². The minimum Gasteiger partial charge on any atom is -0.383 e. The molecule has 1 atom stereocenters. The van der Waals surface area contributed by atoms with Crippen molar-refractivity contribution in [1.82, 2.24) is 15.1 Å². The normalized spacial score (nSPS) is 12.1. The first kappa shape index (κ1) is 14.3. The van der Waals surface area contributed by atoms with Crippen molar-refractivity contribution in [2.45, 2.75) is 19.4 Å². The average Bonchev–Trinajstić information content (AvgIpc) is 2.88. The van der Waals surface area contributed by atoms with Gasteiger partial charge in [-0.15, -0.1) is 0 Å². The fourth-order valence-electron chi connectivity index (χ4n) is 1.98. The van der Waals surface area contributed by atoms with Crippen molar-refractivity contribution in [3.8, 4) is 5.69 Å². The Bertz CT molecular complexity index is 551. The highest BCUT2D eigenvalue weighted by atomic mass is 16.5. The Hall–Kier alpha value is -2.14. The van der Waals surface area contributed by atoms with Gasteiger partial charge in [0.2, 0.25) is 5.91 Å². The van der Waals surface area contributed by atoms with Crippen LogP contribution in [0.2, 0.25) is 0 Å². The number of nitrogens with one attached hydrogen (secondary N) is 1. The molecule has 1 aromatic heterocycles. The number of hydrogen-bond donors (Lipinski definition) is 1. The molecule has 106 valence electrons. The number of methoxy groups -OCH3 is 1. The molecule has 1 N–H and O–H groups in total. The summed E-state index contributed by atoms with van der Waals surface area (Å²) in [6.45, 7) is 2.42. The fraction of sp³-hybridized carbons (Fsp3) is 0.333. The molecule has 0 radical (unpaired) electrons. The molecule has 0 spiro atoms. The average molecular weight is 273 g/mol. The standard InChI is InChI=1S/C15H19N3O2/c1-12(11-20-2)17-15(19)8-13-9-16-18(10-13)14-6-4-3-5-7-14/h3-7,9-10,12H,8,11H2,1-2H3,(H,17,19). The highest BCUT2D eigenvalue weighted by Gasteiger charge is 2.09. The van der Waals surface area contributed by atoms with Gasteiger partial charge in [0.25, 0.3) is 0 Å². The van der Waals surface area contributed by atoms with Gasteiger partial charge in [-0.2, -0.15) is 5.10 Å². The first-order valence-electron chi connectivity index (χ1n) is 6.56. The molecule has 1 amide bonds. The summed E-state index contributed by atoms with van der Waals surface area (Å²) in [6, 6.07) is 9.82. The molecule has 5 heteroatoms. The van der Waals surface area contributed by atoms with E-state index in [0.717, 1.165) is 11.3 Å². The summed E-state index contributed by atoms with van der Waals surface area (Å²) < 4.78 is 6.75. The van der Waals surface area contributed by atoms with Gasteiger partial charge in [0.15, 0.2) is 0 Å². The Morgan fingerprint density at radius 1 is 1.40 bits per heavy atom. The Morgan fingerprint density at radius 2 is 2.15 bits per heavy atom. The molecule has 0 bridgehead atoms. The van der Waals surface area contributed by atoms with Crippen molar-refractivity contribution in [2.75, 3.05) is 13.7 Å². The molecule has 0 aliphatic carbocycles. The minimum atomic E-state index is -0.0258. The molecule has 0 aliphatic heterocycles. The largest absolute Gasteiger partial charge is 0.383 e. The molecule has 20 heavy (non-hydrogen) atoms. The molecule has 1 unspecified atom stereocenters. The highest BCUT2D eigenvalue weighted by molar-refractivity contribution is 5.78. The van der Waals surface area contributed by atoms with Crippen LogP contribution >= 0.6 is 0 Å². The van der Waals surface area contributed by atoms with E-state index in [1.165, 1.54) is 0 Å². The van der Waals surface area contributed by atoms with Crippen LogP contribution in [0.15, 0.2) is 42.7 Å². The van der Waals surface area contributed by atoms with Gasteiger partial charge in [-0.25, -0.2) is 4.68 Å². The lowest BCUT2D eigenvalue weighted by molar-refractivity contribution is -0.121. The van der Waals surface area contributed by atoms with E-state index in [4.69, 9.17) is 4.74 Å². The third kappa shape index (κ3) is 3.93. The second kappa shape index (κ2) is 6.86. The maximum atomic E-state index is 11.8. The molecule has 0 saturated heterocycles. The maximum absolute atomic E-state index is 11.8. The lowest BCUT2D eigenvalue weighted by Gasteiger charge is -2.11. The van der Waals surface area contributed by atoms with Crippen molar-refractivity contribution in [3.63, 3.8) is 0 Å². The van der Waals surface area contributed by atoms with Gasteiger partial charge in [0, 0.05) is 19.3 Å². The molecule has 0 saturated carbocycles. The van der Waals surface area contributed by atoms with Crippen molar-refractivity contribution in [2.24, 2.45) is 0 Å². The quantitative estimate of drug-likeness (QED) is 0.869. The van der Waals surface area contributed by atoms with Crippen molar-refractivity contribution in [1.29, 1.82) is 0 Å². The highest BCUT2D eigenvalue weighted by Crippen LogP contribution is 2.08. The lowest BCUT2D eigenvalue weighted by atomic mass is 10.2. The first-order valence-corrected chi connectivity index (χ1v) is 6.56. The van der Waals surface area contributed by atoms with Crippen LogP contribution in [-0.2, 0) is 16.0 Å². The zero-order valence-electron chi connectivity index (χ0n) is 11.7. The number of rotatable bonds is 6. The predicted molar refractivity (Wildman–Crippen MR) is 76.7 cm³/mol. The number of nitrogens with zero attached hydrogens (tertiary/aromatic N) is 2. The second-order valence-corrected chi connectivity index (χ2v) is 4.73. The number of hydrogen-bond acceptors (Lipinski definition) is 3. The van der Waals surface area contributed by atoms with E-state index in [-0.39, 0.29) is 11.9 Å². The van der Waals surface area contributed by atoms with Gasteiger partial charge in [0.1, 0.15) is 0 Å². The molecule has 0 aliphatic rings. The summed E-state index contributed by atoms with van der Waals surface area (Å²) in [4.78, 5) is 11.8. The van der Waals surface area contributed by atoms with Crippen molar-refractivity contribution < 1.29 is 9.53 Å². The van der Waals surface area contributed by atoms with Crippen LogP contribution in [-0.4, -0.2) is 35.4 Å². The molecular formula is C15H19N3O2. The summed E-state index contributed by atoms with van der Waals surface area (Å²) >= 11 is 0. The van der Waals surface area contributed by atoms with E-state index in [2.05, 4.69) is 10.4 Å². The fourth-order valence-corrected chi connectivity index (χ4v) is 1.98. The third-order valence-corrected chi connectivity index (χ3v) is 2.85. The van der Waals surface area contributed by atoms with E-state index >= 15 is 0 Å².